The van der Waals surface area contributed by atoms with E-state index in [4.69, 9.17) is 18.9 Å². The van der Waals surface area contributed by atoms with E-state index in [1.807, 2.05) is 13.0 Å². The minimum Gasteiger partial charge on any atom is -0.454 e. The summed E-state index contributed by atoms with van der Waals surface area (Å²) in [6.45, 7) is 5.04. The number of sulfonamides is 1. The van der Waals surface area contributed by atoms with Crippen LogP contribution in [0.25, 0.3) is 0 Å². The Kier molecular flexibility index (Phi) is 7.68. The maximum Gasteiger partial charge on any atom is 0.340 e. The van der Waals surface area contributed by atoms with Crippen molar-refractivity contribution < 1.29 is 42.4 Å². The molecular formula is C37H48N2O9S. The molecule has 6 fully saturated rings. The van der Waals surface area contributed by atoms with Gasteiger partial charge in [0.15, 0.2) is 0 Å². The van der Waals surface area contributed by atoms with Gasteiger partial charge in [-0.25, -0.2) is 13.2 Å². The van der Waals surface area contributed by atoms with Crippen molar-refractivity contribution in [1.29, 1.82) is 0 Å². The molecule has 1 unspecified atom stereocenters. The van der Waals surface area contributed by atoms with Crippen molar-refractivity contribution >= 4 is 21.7 Å². The fourth-order valence-electron chi connectivity index (χ4n) is 12.4. The number of para-hydroxylation sites is 1. The van der Waals surface area contributed by atoms with Crippen molar-refractivity contribution in [2.75, 3.05) is 39.1 Å². The fourth-order valence-corrected chi connectivity index (χ4v) is 13.6. The van der Waals surface area contributed by atoms with Gasteiger partial charge in [0.2, 0.25) is 0 Å². The zero-order chi connectivity index (χ0) is 34.7. The van der Waals surface area contributed by atoms with Gasteiger partial charge in [-0.05, 0) is 69.0 Å². The largest absolute Gasteiger partial charge is 0.454 e. The first-order valence-corrected chi connectivity index (χ1v) is 19.0. The number of hydrogen-bond donors (Lipinski definition) is 3. The van der Waals surface area contributed by atoms with Crippen molar-refractivity contribution in [3.8, 4) is 0 Å². The van der Waals surface area contributed by atoms with Crippen LogP contribution in [-0.2, 0) is 29.0 Å². The van der Waals surface area contributed by atoms with Crippen molar-refractivity contribution in [3.05, 3.63) is 59.7 Å². The van der Waals surface area contributed by atoms with Crippen LogP contribution in [0.1, 0.15) is 54.9 Å². The van der Waals surface area contributed by atoms with Crippen LogP contribution in [0.2, 0.25) is 0 Å². The lowest BCUT2D eigenvalue weighted by Crippen LogP contribution is -2.83. The summed E-state index contributed by atoms with van der Waals surface area (Å²) in [4.78, 5) is 16.9. The molecule has 1 heterocycles. The van der Waals surface area contributed by atoms with E-state index in [0.717, 1.165) is 5.56 Å². The Labute approximate surface area is 288 Å². The lowest BCUT2D eigenvalue weighted by atomic mass is 9.44. The minimum absolute atomic E-state index is 0.102. The van der Waals surface area contributed by atoms with Crippen molar-refractivity contribution in [2.24, 2.45) is 29.1 Å². The van der Waals surface area contributed by atoms with Gasteiger partial charge in [0, 0.05) is 69.4 Å². The van der Waals surface area contributed by atoms with Crippen LogP contribution in [0.15, 0.2) is 53.4 Å². The quantitative estimate of drug-likeness (QED) is 0.334. The zero-order valence-electron chi connectivity index (χ0n) is 28.8. The number of benzene rings is 2. The molecule has 266 valence electrons. The van der Waals surface area contributed by atoms with Gasteiger partial charge in [0.05, 0.1) is 34.5 Å². The van der Waals surface area contributed by atoms with E-state index in [9.17, 15) is 23.4 Å². The number of anilines is 1. The number of aryl methyl sites for hydroxylation is 1. The van der Waals surface area contributed by atoms with Crippen molar-refractivity contribution in [1.82, 2.24) is 4.90 Å². The molecule has 0 aromatic heterocycles. The van der Waals surface area contributed by atoms with Crippen LogP contribution in [0.4, 0.5) is 5.69 Å². The van der Waals surface area contributed by atoms with Crippen LogP contribution >= 0.6 is 0 Å². The number of ether oxygens (including phenoxy) is 4. The summed E-state index contributed by atoms with van der Waals surface area (Å²) >= 11 is 0. The van der Waals surface area contributed by atoms with Crippen molar-refractivity contribution in [2.45, 2.75) is 92.0 Å². The molecule has 5 aliphatic carbocycles. The second-order valence-corrected chi connectivity index (χ2v) is 17.1. The van der Waals surface area contributed by atoms with E-state index >= 15 is 0 Å². The van der Waals surface area contributed by atoms with Crippen molar-refractivity contribution in [3.63, 3.8) is 0 Å². The van der Waals surface area contributed by atoms with Gasteiger partial charge in [-0.2, -0.15) is 0 Å². The van der Waals surface area contributed by atoms with E-state index in [0.29, 0.717) is 45.2 Å². The second-order valence-electron chi connectivity index (χ2n) is 15.4. The predicted octanol–water partition coefficient (Wildman–Crippen LogP) is 3.37. The predicted molar refractivity (Wildman–Crippen MR) is 179 cm³/mol. The molecule has 2 aromatic rings. The van der Waals surface area contributed by atoms with Gasteiger partial charge in [0.1, 0.15) is 16.8 Å². The lowest BCUT2D eigenvalue weighted by molar-refractivity contribution is -0.337. The van der Waals surface area contributed by atoms with Gasteiger partial charge in [-0.15, -0.1) is 0 Å². The number of rotatable bonds is 9. The number of aliphatic hydroxyl groups is 2. The summed E-state index contributed by atoms with van der Waals surface area (Å²) in [6.07, 6.45) is 1.49. The van der Waals surface area contributed by atoms with Gasteiger partial charge in [0.25, 0.3) is 10.0 Å². The molecule has 0 amide bonds. The molecule has 1 spiro atoms. The molecule has 0 radical (unpaired) electrons. The molecule has 12 atom stereocenters. The average Bonchev–Trinajstić information content (AvgIpc) is 3.51. The number of carbonyl (C=O) groups excluding carboxylic acids is 1. The summed E-state index contributed by atoms with van der Waals surface area (Å²) < 4.78 is 54.7. The highest BCUT2D eigenvalue weighted by Gasteiger charge is 2.89. The Hall–Kier alpha value is -2.58. The molecule has 6 aliphatic rings. The highest BCUT2D eigenvalue weighted by molar-refractivity contribution is 7.92. The van der Waals surface area contributed by atoms with Crippen LogP contribution in [-0.4, -0.2) is 105 Å². The molecule has 1 saturated heterocycles. The molecule has 3 N–H and O–H groups in total. The molecule has 5 saturated carbocycles. The lowest BCUT2D eigenvalue weighted by Gasteiger charge is -2.70. The first-order chi connectivity index (χ1) is 23.4. The van der Waals surface area contributed by atoms with E-state index in [1.165, 1.54) is 6.07 Å². The average molecular weight is 697 g/mol. The molecule has 1 aliphatic heterocycles. The number of hydrogen-bond acceptors (Lipinski definition) is 10. The van der Waals surface area contributed by atoms with Gasteiger partial charge >= 0.3 is 5.97 Å². The zero-order valence-corrected chi connectivity index (χ0v) is 29.6. The van der Waals surface area contributed by atoms with E-state index in [1.54, 1.807) is 57.7 Å². The third kappa shape index (κ3) is 4.16. The second kappa shape index (κ2) is 11.2. The van der Waals surface area contributed by atoms with Crippen LogP contribution in [0.5, 0.6) is 0 Å². The third-order valence-electron chi connectivity index (χ3n) is 13.9. The van der Waals surface area contributed by atoms with Crippen LogP contribution < -0.4 is 4.72 Å². The molecule has 7 bridgehead atoms. The summed E-state index contributed by atoms with van der Waals surface area (Å²) in [5, 5.41) is 25.9. The summed E-state index contributed by atoms with van der Waals surface area (Å²) in [5.41, 5.74) is -3.53. The highest BCUT2D eigenvalue weighted by atomic mass is 32.2. The van der Waals surface area contributed by atoms with Gasteiger partial charge < -0.3 is 29.2 Å². The number of nitrogens with one attached hydrogen (secondary N) is 1. The Morgan fingerprint density at radius 3 is 2.49 bits per heavy atom. The molecular weight excluding hydrogens is 648 g/mol. The van der Waals surface area contributed by atoms with E-state index in [2.05, 4.69) is 16.5 Å². The fraction of sp³-hybridized carbons (Fsp3) is 0.649. The summed E-state index contributed by atoms with van der Waals surface area (Å²) in [7, 11) is 1.01. The minimum atomic E-state index is -3.99. The Morgan fingerprint density at radius 2 is 1.80 bits per heavy atom. The first-order valence-electron chi connectivity index (χ1n) is 17.5. The van der Waals surface area contributed by atoms with E-state index < -0.39 is 44.3 Å². The summed E-state index contributed by atoms with van der Waals surface area (Å²) in [6, 6.07) is 13.0. The highest BCUT2D eigenvalue weighted by Crippen LogP contribution is 2.79. The van der Waals surface area contributed by atoms with E-state index in [-0.39, 0.29) is 58.1 Å². The number of esters is 1. The molecule has 12 heteroatoms. The molecule has 49 heavy (non-hydrogen) atoms. The molecule has 11 nitrogen and oxygen atoms in total. The number of likely N-dealkylation sites (N-methyl/N-ethyl adjacent to an activating group) is 1. The maximum atomic E-state index is 14.4. The molecule has 8 rings (SSSR count). The van der Waals surface area contributed by atoms with Gasteiger partial charge in [-0.3, -0.25) is 9.62 Å². The van der Waals surface area contributed by atoms with Crippen LogP contribution in [0.3, 0.4) is 0 Å². The Morgan fingerprint density at radius 1 is 1.02 bits per heavy atom. The third-order valence-corrected chi connectivity index (χ3v) is 15.2. The van der Waals surface area contributed by atoms with Crippen LogP contribution in [0, 0.1) is 36.0 Å². The number of carbonyl (C=O) groups is 1. The standard InChI is InChI=1S/C37H48N2O9S/c1-6-39-20-34(48-33(40)23-12-7-8-13-26(23)38-49(43,44)22-11-9-10-21(2)16-22)15-14-30(46-4)36-28(34)18-25(31(36)39)35(41)19-27(45-3)24-17-29(36)37(35,42)32(24)47-5/h7-13,16,24-25,27-32,38,41-42H,6,14-15,17-20H2,1-5H3/t24-,25+,27+,28-,29+,30+,31?,32+,34-,35+,36+,37+/m1/s1. The molecule has 2 aromatic carbocycles. The monoisotopic (exact) mass is 696 g/mol. The summed E-state index contributed by atoms with van der Waals surface area (Å²) in [5.74, 6) is -1.66. The smallest absolute Gasteiger partial charge is 0.340 e. The normalized spacial score (nSPS) is 43.3. The number of fused-ring (bicyclic) bond motifs is 2. The number of likely N-dealkylation sites (tertiary alicyclic amines) is 1. The first kappa shape index (κ1) is 33.6. The van der Waals surface area contributed by atoms with Gasteiger partial charge in [-0.1, -0.05) is 31.2 Å². The maximum absolute atomic E-state index is 14.4. The Bertz CT molecular complexity index is 1770. The number of methoxy groups -OCH3 is 3. The Balaban J connectivity index is 1.21. The number of nitrogens with zero attached hydrogens (tertiary/aromatic N) is 1. The number of piperidine rings is 1. The SMILES string of the molecule is CCN1C[C@]2(OC(=O)c3ccccc3NS(=O)(=O)c3cccc(C)c3)CC[C@H](OC)[C@]34C1[C@H](C[C@H]23)[C@@]1(O)C[C@H](OC)[C@H]2C[C@@H]4[C@]1(O)[C@H]2OC. The topological polar surface area (TPSA) is 144 Å².